The molecular weight excluding hydrogens is 419 g/mol. The average molecular weight is 441 g/mol. The Labute approximate surface area is 175 Å². The van der Waals surface area contributed by atoms with Crippen molar-refractivity contribution in [3.63, 3.8) is 0 Å². The van der Waals surface area contributed by atoms with Crippen LogP contribution in [0.25, 0.3) is 0 Å². The fourth-order valence-electron chi connectivity index (χ4n) is 3.20. The number of rotatable bonds is 4. The quantitative estimate of drug-likeness (QED) is 0.774. The maximum Gasteiger partial charge on any atom is 0.255 e. The monoisotopic (exact) mass is 440 g/mol. The second kappa shape index (κ2) is 8.41. The van der Waals surface area contributed by atoms with Gasteiger partial charge in [0.25, 0.3) is 5.91 Å². The van der Waals surface area contributed by atoms with Gasteiger partial charge in [-0.1, -0.05) is 29.3 Å². The maximum absolute atomic E-state index is 12.7. The summed E-state index contributed by atoms with van der Waals surface area (Å²) in [6, 6.07) is 9.67. The highest BCUT2D eigenvalue weighted by molar-refractivity contribution is 7.89. The number of benzene rings is 2. The minimum absolute atomic E-state index is 0.192. The molecule has 5 nitrogen and oxygen atoms in total. The van der Waals surface area contributed by atoms with Gasteiger partial charge in [0.1, 0.15) is 0 Å². The van der Waals surface area contributed by atoms with Crippen molar-refractivity contribution in [3.05, 3.63) is 63.1 Å². The van der Waals surface area contributed by atoms with Crippen LogP contribution < -0.4 is 4.72 Å². The Bertz CT molecular complexity index is 1000. The molecule has 1 aliphatic rings. The van der Waals surface area contributed by atoms with Crippen LogP contribution in [0.2, 0.25) is 10.0 Å². The van der Waals surface area contributed by atoms with E-state index in [4.69, 9.17) is 23.2 Å². The van der Waals surface area contributed by atoms with Crippen LogP contribution in [0.15, 0.2) is 41.3 Å². The molecule has 0 radical (unpaired) electrons. The number of likely N-dealkylation sites (tertiary alicyclic amines) is 1. The van der Waals surface area contributed by atoms with Crippen molar-refractivity contribution in [1.82, 2.24) is 9.62 Å². The Balaban J connectivity index is 1.64. The van der Waals surface area contributed by atoms with E-state index in [9.17, 15) is 13.2 Å². The Hall–Kier alpha value is -1.60. The van der Waals surface area contributed by atoms with Crippen molar-refractivity contribution in [2.75, 3.05) is 13.1 Å². The van der Waals surface area contributed by atoms with Gasteiger partial charge in [0.05, 0.1) is 15.5 Å². The summed E-state index contributed by atoms with van der Waals surface area (Å²) in [4.78, 5) is 14.6. The number of carbonyl (C=O) groups is 1. The van der Waals surface area contributed by atoms with Gasteiger partial charge in [-0.15, -0.1) is 0 Å². The highest BCUT2D eigenvalue weighted by atomic mass is 35.5. The number of carbonyl (C=O) groups excluding carboxylic acids is 1. The zero-order valence-corrected chi connectivity index (χ0v) is 18.0. The molecule has 0 saturated carbocycles. The van der Waals surface area contributed by atoms with Crippen molar-refractivity contribution in [1.29, 1.82) is 0 Å². The lowest BCUT2D eigenvalue weighted by Crippen LogP contribution is -2.46. The number of aryl methyl sites for hydroxylation is 2. The van der Waals surface area contributed by atoms with Crippen LogP contribution in [0, 0.1) is 13.8 Å². The first-order valence-electron chi connectivity index (χ1n) is 9.01. The number of nitrogens with one attached hydrogen (secondary N) is 1. The molecular formula is C20H22Cl2N2O3S. The van der Waals surface area contributed by atoms with Gasteiger partial charge < -0.3 is 4.90 Å². The molecule has 28 heavy (non-hydrogen) atoms. The third-order valence-corrected chi connectivity index (χ3v) is 7.13. The summed E-state index contributed by atoms with van der Waals surface area (Å²) in [5.74, 6) is -0.192. The molecule has 1 aliphatic heterocycles. The lowest BCUT2D eigenvalue weighted by molar-refractivity contribution is 0.0711. The highest BCUT2D eigenvalue weighted by Gasteiger charge is 2.28. The number of nitrogens with zero attached hydrogens (tertiary/aromatic N) is 1. The molecule has 1 amide bonds. The Morgan fingerprint density at radius 2 is 1.71 bits per heavy atom. The van der Waals surface area contributed by atoms with Gasteiger partial charge in [0, 0.05) is 24.2 Å². The highest BCUT2D eigenvalue weighted by Crippen LogP contribution is 2.24. The average Bonchev–Trinajstić information content (AvgIpc) is 2.65. The van der Waals surface area contributed by atoms with Crippen molar-refractivity contribution < 1.29 is 13.2 Å². The molecule has 1 heterocycles. The molecule has 0 spiro atoms. The van der Waals surface area contributed by atoms with E-state index in [2.05, 4.69) is 4.72 Å². The van der Waals surface area contributed by atoms with E-state index in [0.717, 1.165) is 11.1 Å². The topological polar surface area (TPSA) is 66.5 Å². The number of hydrogen-bond acceptors (Lipinski definition) is 3. The molecule has 3 rings (SSSR count). The molecule has 1 fully saturated rings. The number of hydrogen-bond donors (Lipinski definition) is 1. The van der Waals surface area contributed by atoms with E-state index in [0.29, 0.717) is 41.5 Å². The normalized spacial score (nSPS) is 15.6. The van der Waals surface area contributed by atoms with Crippen LogP contribution in [0.5, 0.6) is 0 Å². The summed E-state index contributed by atoms with van der Waals surface area (Å²) in [5, 5.41) is 0.802. The molecule has 1 N–H and O–H groups in total. The van der Waals surface area contributed by atoms with E-state index in [1.807, 2.05) is 13.8 Å². The Morgan fingerprint density at radius 3 is 2.36 bits per heavy atom. The second-order valence-electron chi connectivity index (χ2n) is 7.06. The van der Waals surface area contributed by atoms with Crippen LogP contribution in [-0.4, -0.2) is 38.4 Å². The fourth-order valence-corrected chi connectivity index (χ4v) is 4.96. The molecule has 0 aliphatic carbocycles. The third-order valence-electron chi connectivity index (χ3n) is 5.05. The van der Waals surface area contributed by atoms with Gasteiger partial charge in [0.2, 0.25) is 10.0 Å². The van der Waals surface area contributed by atoms with Crippen molar-refractivity contribution in [3.8, 4) is 0 Å². The molecule has 0 aromatic heterocycles. The number of piperidine rings is 1. The Kier molecular flexibility index (Phi) is 6.34. The van der Waals surface area contributed by atoms with Gasteiger partial charge in [-0.05, 0) is 68.1 Å². The molecule has 1 saturated heterocycles. The lowest BCUT2D eigenvalue weighted by atomic mass is 10.0. The van der Waals surface area contributed by atoms with E-state index in [-0.39, 0.29) is 16.8 Å². The number of halogens is 2. The second-order valence-corrected chi connectivity index (χ2v) is 9.62. The van der Waals surface area contributed by atoms with Gasteiger partial charge in [-0.3, -0.25) is 4.79 Å². The minimum Gasteiger partial charge on any atom is -0.338 e. The van der Waals surface area contributed by atoms with E-state index in [1.54, 1.807) is 41.3 Å². The van der Waals surface area contributed by atoms with E-state index >= 15 is 0 Å². The summed E-state index contributed by atoms with van der Waals surface area (Å²) >= 11 is 12.1. The van der Waals surface area contributed by atoms with Crippen LogP contribution in [0.1, 0.15) is 34.3 Å². The lowest BCUT2D eigenvalue weighted by Gasteiger charge is -2.32. The van der Waals surface area contributed by atoms with Crippen LogP contribution in [-0.2, 0) is 10.0 Å². The predicted octanol–water partition coefficient (Wildman–Crippen LogP) is 4.19. The molecule has 0 unspecified atom stereocenters. The van der Waals surface area contributed by atoms with Crippen molar-refractivity contribution in [2.45, 2.75) is 37.6 Å². The van der Waals surface area contributed by atoms with Crippen LogP contribution in [0.4, 0.5) is 0 Å². The number of sulfonamides is 1. The van der Waals surface area contributed by atoms with Gasteiger partial charge in [-0.25, -0.2) is 13.1 Å². The zero-order chi connectivity index (χ0) is 20.5. The largest absolute Gasteiger partial charge is 0.338 e. The molecule has 2 aromatic rings. The standard InChI is InChI=1S/C20H22Cl2N2O3S/c1-13-3-5-17(11-14(13)2)28(26,27)23-16-7-9-24(10-8-16)20(25)18-12-15(21)4-6-19(18)22/h3-6,11-12,16,23H,7-10H2,1-2H3. The Morgan fingerprint density at radius 1 is 1.04 bits per heavy atom. The minimum atomic E-state index is -3.59. The zero-order valence-electron chi connectivity index (χ0n) is 15.7. The fraction of sp³-hybridized carbons (Fsp3) is 0.350. The summed E-state index contributed by atoms with van der Waals surface area (Å²) in [6.07, 6.45) is 1.07. The van der Waals surface area contributed by atoms with Crippen molar-refractivity contribution >= 4 is 39.1 Å². The van der Waals surface area contributed by atoms with Crippen LogP contribution >= 0.6 is 23.2 Å². The maximum atomic E-state index is 12.7. The van der Waals surface area contributed by atoms with Crippen molar-refractivity contribution in [2.24, 2.45) is 0 Å². The molecule has 150 valence electrons. The summed E-state index contributed by atoms with van der Waals surface area (Å²) in [7, 11) is -3.59. The van der Waals surface area contributed by atoms with Crippen LogP contribution in [0.3, 0.4) is 0 Å². The van der Waals surface area contributed by atoms with Gasteiger partial charge >= 0.3 is 0 Å². The smallest absolute Gasteiger partial charge is 0.255 e. The molecule has 0 bridgehead atoms. The predicted molar refractivity (Wildman–Crippen MR) is 112 cm³/mol. The molecule has 8 heteroatoms. The van der Waals surface area contributed by atoms with Gasteiger partial charge in [0.15, 0.2) is 0 Å². The number of amides is 1. The SMILES string of the molecule is Cc1ccc(S(=O)(=O)NC2CCN(C(=O)c3cc(Cl)ccc3Cl)CC2)cc1C. The van der Waals surface area contributed by atoms with Gasteiger partial charge in [-0.2, -0.15) is 0 Å². The molecule has 0 atom stereocenters. The summed E-state index contributed by atoms with van der Waals surface area (Å²) in [5.41, 5.74) is 2.34. The van der Waals surface area contributed by atoms with E-state index < -0.39 is 10.0 Å². The summed E-state index contributed by atoms with van der Waals surface area (Å²) < 4.78 is 28.1. The third kappa shape index (κ3) is 4.69. The summed E-state index contributed by atoms with van der Waals surface area (Å²) in [6.45, 7) is 4.72. The first-order chi connectivity index (χ1) is 13.2. The first kappa shape index (κ1) is 21.1. The first-order valence-corrected chi connectivity index (χ1v) is 11.3. The molecule has 2 aromatic carbocycles. The van der Waals surface area contributed by atoms with E-state index in [1.165, 1.54) is 0 Å².